The highest BCUT2D eigenvalue weighted by Crippen LogP contribution is 2.36. The van der Waals surface area contributed by atoms with Gasteiger partial charge in [-0.05, 0) is 49.9 Å². The molecular weight excluding hydrogens is 352 g/mol. The van der Waals surface area contributed by atoms with Crippen LogP contribution in [0, 0.1) is 5.92 Å². The first-order valence-electron chi connectivity index (χ1n) is 10.00. The Morgan fingerprint density at radius 3 is 2.54 bits per heavy atom. The molecule has 2 aromatic rings. The van der Waals surface area contributed by atoms with E-state index in [2.05, 4.69) is 17.4 Å². The van der Waals surface area contributed by atoms with Crippen LogP contribution in [0.1, 0.15) is 39.2 Å². The van der Waals surface area contributed by atoms with Gasteiger partial charge in [0.05, 0.1) is 5.69 Å². The van der Waals surface area contributed by atoms with Crippen molar-refractivity contribution < 1.29 is 14.3 Å². The Bertz CT molecular complexity index is 831. The molecule has 28 heavy (non-hydrogen) atoms. The number of amides is 2. The van der Waals surface area contributed by atoms with Gasteiger partial charge >= 0.3 is 0 Å². The molecule has 3 rings (SSSR count). The minimum atomic E-state index is -0.520. The Morgan fingerprint density at radius 2 is 1.86 bits per heavy atom. The summed E-state index contributed by atoms with van der Waals surface area (Å²) in [6.07, 6.45) is 1.84. The average Bonchev–Trinajstić information content (AvgIpc) is 2.70. The van der Waals surface area contributed by atoms with Crippen LogP contribution in [-0.4, -0.2) is 24.5 Å². The maximum Gasteiger partial charge on any atom is 0.267 e. The second kappa shape index (κ2) is 8.91. The van der Waals surface area contributed by atoms with Gasteiger partial charge in [-0.25, -0.2) is 0 Å². The molecule has 0 radical (unpaired) electrons. The molecule has 1 unspecified atom stereocenters. The quantitative estimate of drug-likeness (QED) is 0.774. The van der Waals surface area contributed by atoms with Crippen LogP contribution < -0.4 is 15.0 Å². The lowest BCUT2D eigenvalue weighted by atomic mass is 10.0. The summed E-state index contributed by atoms with van der Waals surface area (Å²) in [5.74, 6) is 0.605. The Hall–Kier alpha value is -2.82. The van der Waals surface area contributed by atoms with Crippen LogP contribution in [0.4, 0.5) is 11.4 Å². The van der Waals surface area contributed by atoms with E-state index in [1.54, 1.807) is 11.8 Å². The third kappa shape index (κ3) is 4.35. The van der Waals surface area contributed by atoms with Gasteiger partial charge < -0.3 is 15.0 Å². The smallest absolute Gasteiger partial charge is 0.267 e. The average molecular weight is 380 g/mol. The molecule has 0 fully saturated rings. The summed E-state index contributed by atoms with van der Waals surface area (Å²) in [7, 11) is 0. The van der Waals surface area contributed by atoms with Crippen molar-refractivity contribution in [2.24, 2.45) is 5.92 Å². The molecule has 0 bridgehead atoms. The number of hydrogen-bond donors (Lipinski definition) is 1. The van der Waals surface area contributed by atoms with Gasteiger partial charge in [-0.15, -0.1) is 0 Å². The number of rotatable bonds is 7. The largest absolute Gasteiger partial charge is 0.479 e. The lowest BCUT2D eigenvalue weighted by Gasteiger charge is -2.33. The Labute approximate surface area is 166 Å². The van der Waals surface area contributed by atoms with Crippen LogP contribution in [0.5, 0.6) is 5.75 Å². The van der Waals surface area contributed by atoms with Crippen molar-refractivity contribution in [1.29, 1.82) is 0 Å². The van der Waals surface area contributed by atoms with Crippen molar-refractivity contribution in [2.45, 2.75) is 46.1 Å². The molecule has 5 heteroatoms. The predicted molar refractivity (Wildman–Crippen MR) is 112 cm³/mol. The van der Waals surface area contributed by atoms with E-state index in [-0.39, 0.29) is 17.7 Å². The molecule has 148 valence electrons. The number of hydrogen-bond acceptors (Lipinski definition) is 3. The first-order chi connectivity index (χ1) is 13.5. The number of nitrogens with one attached hydrogen (secondary N) is 1. The van der Waals surface area contributed by atoms with E-state index < -0.39 is 6.10 Å². The van der Waals surface area contributed by atoms with Gasteiger partial charge in [-0.3, -0.25) is 9.59 Å². The van der Waals surface area contributed by atoms with Crippen molar-refractivity contribution >= 4 is 23.2 Å². The van der Waals surface area contributed by atoms with E-state index in [9.17, 15) is 9.59 Å². The summed E-state index contributed by atoms with van der Waals surface area (Å²) in [6.45, 7) is 6.36. The lowest BCUT2D eigenvalue weighted by Crippen LogP contribution is -2.45. The van der Waals surface area contributed by atoms with Crippen LogP contribution in [0.3, 0.4) is 0 Å². The van der Waals surface area contributed by atoms with Crippen molar-refractivity contribution in [3.63, 3.8) is 0 Å². The minimum Gasteiger partial charge on any atom is -0.479 e. The molecular formula is C23H28N2O3. The van der Waals surface area contributed by atoms with Crippen LogP contribution in [0.15, 0.2) is 48.5 Å². The summed E-state index contributed by atoms with van der Waals surface area (Å²) in [5.41, 5.74) is 2.57. The zero-order valence-corrected chi connectivity index (χ0v) is 16.8. The number of fused-ring (bicyclic) bond motifs is 1. The van der Waals surface area contributed by atoms with Gasteiger partial charge in [0.25, 0.3) is 5.91 Å². The number of nitrogens with zero attached hydrogens (tertiary/aromatic N) is 1. The van der Waals surface area contributed by atoms with Gasteiger partial charge in [-0.1, -0.05) is 44.2 Å². The molecule has 1 heterocycles. The van der Waals surface area contributed by atoms with Crippen LogP contribution in [0.2, 0.25) is 0 Å². The Kier molecular flexibility index (Phi) is 6.34. The number of anilines is 2. The topological polar surface area (TPSA) is 58.6 Å². The minimum absolute atomic E-state index is 0.0110. The van der Waals surface area contributed by atoms with Crippen LogP contribution in [-0.2, 0) is 16.0 Å². The predicted octanol–water partition coefficient (Wildman–Crippen LogP) is 4.42. The van der Waals surface area contributed by atoms with Crippen molar-refractivity contribution in [1.82, 2.24) is 0 Å². The Morgan fingerprint density at radius 1 is 1.14 bits per heavy atom. The van der Waals surface area contributed by atoms with E-state index in [0.717, 1.165) is 19.3 Å². The van der Waals surface area contributed by atoms with E-state index >= 15 is 0 Å². The van der Waals surface area contributed by atoms with Crippen molar-refractivity contribution in [3.8, 4) is 5.75 Å². The van der Waals surface area contributed by atoms with Gasteiger partial charge in [0.2, 0.25) is 5.91 Å². The fourth-order valence-electron chi connectivity index (χ4n) is 3.50. The highest BCUT2D eigenvalue weighted by atomic mass is 16.5. The van der Waals surface area contributed by atoms with E-state index in [0.29, 0.717) is 23.7 Å². The highest BCUT2D eigenvalue weighted by molar-refractivity contribution is 6.01. The number of carbonyl (C=O) groups excluding carboxylic acids is 2. The second-order valence-electron chi connectivity index (χ2n) is 7.17. The molecule has 1 N–H and O–H groups in total. The van der Waals surface area contributed by atoms with E-state index in [1.807, 2.05) is 50.2 Å². The van der Waals surface area contributed by atoms with Crippen molar-refractivity contribution in [2.75, 3.05) is 16.8 Å². The molecule has 0 aliphatic carbocycles. The fourth-order valence-corrected chi connectivity index (χ4v) is 3.50. The fraction of sp³-hybridized carbons (Fsp3) is 0.391. The zero-order valence-electron chi connectivity index (χ0n) is 16.8. The van der Waals surface area contributed by atoms with Gasteiger partial charge in [0.1, 0.15) is 5.75 Å². The highest BCUT2D eigenvalue weighted by Gasteiger charge is 2.31. The standard InChI is InChI=1S/C23H28N2O3/c1-4-18(5-2)22(26)24-19-11-12-21-20(15-19)25(23(27)16(3)28-21)14-13-17-9-7-6-8-10-17/h6-12,15-16,18H,4-5,13-14H2,1-3H3,(H,24,26). The Balaban J connectivity index is 1.82. The second-order valence-corrected chi connectivity index (χ2v) is 7.17. The first kappa shape index (κ1) is 19.9. The summed E-state index contributed by atoms with van der Waals surface area (Å²) >= 11 is 0. The molecule has 0 spiro atoms. The molecule has 0 saturated carbocycles. The van der Waals surface area contributed by atoms with Crippen molar-refractivity contribution in [3.05, 3.63) is 54.1 Å². The SMILES string of the molecule is CCC(CC)C(=O)Nc1ccc2c(c1)N(CCc1ccccc1)C(=O)C(C)O2. The molecule has 1 atom stereocenters. The van der Waals surface area contributed by atoms with Gasteiger partial charge in [-0.2, -0.15) is 0 Å². The lowest BCUT2D eigenvalue weighted by molar-refractivity contribution is -0.125. The first-order valence-corrected chi connectivity index (χ1v) is 10.00. The van der Waals surface area contributed by atoms with E-state index in [1.165, 1.54) is 5.56 Å². The molecule has 0 saturated heterocycles. The number of benzene rings is 2. The number of carbonyl (C=O) groups is 2. The third-order valence-electron chi connectivity index (χ3n) is 5.26. The summed E-state index contributed by atoms with van der Waals surface area (Å²) in [5, 5.41) is 2.98. The molecule has 1 aliphatic heterocycles. The molecule has 2 aromatic carbocycles. The maximum atomic E-state index is 12.8. The normalized spacial score (nSPS) is 15.9. The van der Waals surface area contributed by atoms with Crippen LogP contribution in [0.25, 0.3) is 0 Å². The summed E-state index contributed by atoms with van der Waals surface area (Å²) in [4.78, 5) is 27.0. The van der Waals surface area contributed by atoms with Crippen LogP contribution >= 0.6 is 0 Å². The maximum absolute atomic E-state index is 12.8. The van der Waals surface area contributed by atoms with Gasteiger partial charge in [0, 0.05) is 18.2 Å². The molecule has 0 aromatic heterocycles. The number of ether oxygens (including phenoxy) is 1. The summed E-state index contributed by atoms with van der Waals surface area (Å²) in [6, 6.07) is 15.6. The molecule has 1 aliphatic rings. The van der Waals surface area contributed by atoms with E-state index in [4.69, 9.17) is 4.74 Å². The van der Waals surface area contributed by atoms with Gasteiger partial charge in [0.15, 0.2) is 6.10 Å². The molecule has 5 nitrogen and oxygen atoms in total. The monoisotopic (exact) mass is 380 g/mol. The zero-order chi connectivity index (χ0) is 20.1. The molecule has 2 amide bonds. The third-order valence-corrected chi connectivity index (χ3v) is 5.26. The summed E-state index contributed by atoms with van der Waals surface area (Å²) < 4.78 is 5.77.